The zero-order chi connectivity index (χ0) is 20.7. The summed E-state index contributed by atoms with van der Waals surface area (Å²) in [4.78, 5) is 24.4. The van der Waals surface area contributed by atoms with Crippen molar-refractivity contribution in [2.75, 3.05) is 6.61 Å². The minimum atomic E-state index is -1.90. The van der Waals surface area contributed by atoms with Crippen LogP contribution in [0.25, 0.3) is 0 Å². The Kier molecular flexibility index (Phi) is 4.29. The lowest BCUT2D eigenvalue weighted by atomic mass is 9.42. The predicted octanol–water partition coefficient (Wildman–Crippen LogP) is 2.12. The van der Waals surface area contributed by atoms with Crippen molar-refractivity contribution in [2.45, 2.75) is 76.7 Å². The molecule has 0 aromatic heterocycles. The van der Waals surface area contributed by atoms with Crippen molar-refractivity contribution in [1.82, 2.24) is 0 Å². The van der Waals surface area contributed by atoms with E-state index >= 15 is 4.39 Å². The molecule has 0 saturated heterocycles. The largest absolute Gasteiger partial charge is 0.390 e. The maximum absolute atomic E-state index is 17.0. The molecule has 28 heavy (non-hydrogen) atoms. The Labute approximate surface area is 165 Å². The zero-order valence-corrected chi connectivity index (χ0v) is 16.9. The van der Waals surface area contributed by atoms with Gasteiger partial charge in [0.1, 0.15) is 17.9 Å². The minimum absolute atomic E-state index is 0.0000822. The fraction of sp³-hybridized carbons (Fsp3) is 0.818. The molecule has 156 valence electrons. The van der Waals surface area contributed by atoms with Crippen LogP contribution in [-0.2, 0) is 9.59 Å². The van der Waals surface area contributed by atoms with Gasteiger partial charge in [-0.15, -0.1) is 0 Å². The minimum Gasteiger partial charge on any atom is -0.390 e. The van der Waals surface area contributed by atoms with E-state index in [1.807, 2.05) is 13.8 Å². The van der Waals surface area contributed by atoms with Crippen LogP contribution < -0.4 is 0 Å². The molecule has 5 nitrogen and oxygen atoms in total. The lowest BCUT2D eigenvalue weighted by Gasteiger charge is -2.64. The van der Waals surface area contributed by atoms with Gasteiger partial charge in [0.25, 0.3) is 0 Å². The molecule has 4 aliphatic carbocycles. The van der Waals surface area contributed by atoms with Crippen LogP contribution in [0, 0.1) is 28.6 Å². The molecule has 6 heteroatoms. The fourth-order valence-electron chi connectivity index (χ4n) is 7.56. The van der Waals surface area contributed by atoms with Gasteiger partial charge in [0, 0.05) is 23.2 Å². The van der Waals surface area contributed by atoms with E-state index in [4.69, 9.17) is 0 Å². The van der Waals surface area contributed by atoms with Gasteiger partial charge >= 0.3 is 0 Å². The normalized spacial score (nSPS) is 53.1. The van der Waals surface area contributed by atoms with Gasteiger partial charge < -0.3 is 15.3 Å². The second kappa shape index (κ2) is 5.96. The van der Waals surface area contributed by atoms with E-state index in [1.54, 1.807) is 13.0 Å². The summed E-state index contributed by atoms with van der Waals surface area (Å²) in [5.41, 5.74) is -4.74. The maximum atomic E-state index is 17.0. The van der Waals surface area contributed by atoms with Gasteiger partial charge in [-0.05, 0) is 50.0 Å². The third kappa shape index (κ3) is 2.12. The smallest absolute Gasteiger partial charge is 0.190 e. The number of allylic oxidation sites excluding steroid dienone is 1. The standard InChI is InChI=1S/C22H31FO5/c1-12-8-16-14-5-7-21(28,18(27)11-24)20(14,3)10-17(26)22(16,23)19(2)6-4-13(25)9-15(12)19/h9,12,14,16-17,24,26,28H,4-8,10-11H2,1-3H3/t12?,14-,16-,17?,19-,20-,21-,22-/m0/s1. The maximum Gasteiger partial charge on any atom is 0.190 e. The molecular weight excluding hydrogens is 363 g/mol. The first-order valence-electron chi connectivity index (χ1n) is 10.4. The molecular formula is C22H31FO5. The molecule has 0 radical (unpaired) electrons. The Balaban J connectivity index is 1.83. The van der Waals surface area contributed by atoms with Crippen molar-refractivity contribution in [3.63, 3.8) is 0 Å². The van der Waals surface area contributed by atoms with E-state index in [0.29, 0.717) is 19.3 Å². The summed E-state index contributed by atoms with van der Waals surface area (Å²) < 4.78 is 17.0. The van der Waals surface area contributed by atoms with Crippen molar-refractivity contribution in [3.05, 3.63) is 11.6 Å². The summed E-state index contributed by atoms with van der Waals surface area (Å²) >= 11 is 0. The highest BCUT2D eigenvalue weighted by Gasteiger charge is 2.74. The molecule has 0 spiro atoms. The lowest BCUT2D eigenvalue weighted by molar-refractivity contribution is -0.230. The third-order valence-corrected chi connectivity index (χ3v) is 9.12. The SMILES string of the molecule is CC1C[C@H]2[C@@H]3CC[C@](O)(C(=O)CO)[C@@]3(C)CC(O)[C@]2(F)[C@@]2(C)CCC(=O)C=C12. The Morgan fingerprint density at radius 1 is 1.29 bits per heavy atom. The summed E-state index contributed by atoms with van der Waals surface area (Å²) in [7, 11) is 0. The number of carbonyl (C=O) groups excluding carboxylic acids is 2. The Hall–Kier alpha value is -1.11. The molecule has 3 fully saturated rings. The van der Waals surface area contributed by atoms with E-state index in [9.17, 15) is 24.9 Å². The van der Waals surface area contributed by atoms with Gasteiger partial charge in [0.15, 0.2) is 11.6 Å². The van der Waals surface area contributed by atoms with E-state index < -0.39 is 46.5 Å². The summed E-state index contributed by atoms with van der Waals surface area (Å²) in [6, 6.07) is 0. The summed E-state index contributed by atoms with van der Waals surface area (Å²) in [6.07, 6.45) is 2.00. The Bertz CT molecular complexity index is 764. The number of halogens is 1. The molecule has 4 aliphatic rings. The first kappa shape index (κ1) is 20.2. The van der Waals surface area contributed by atoms with Gasteiger partial charge in [-0.2, -0.15) is 0 Å². The molecule has 0 aromatic rings. The van der Waals surface area contributed by atoms with Gasteiger partial charge in [0.2, 0.25) is 0 Å². The summed E-state index contributed by atoms with van der Waals surface area (Å²) in [5, 5.41) is 31.7. The van der Waals surface area contributed by atoms with E-state index in [-0.39, 0.29) is 36.9 Å². The van der Waals surface area contributed by atoms with E-state index in [0.717, 1.165) is 5.57 Å². The zero-order valence-electron chi connectivity index (χ0n) is 16.9. The number of hydrogen-bond acceptors (Lipinski definition) is 5. The average Bonchev–Trinajstić information content (AvgIpc) is 2.91. The van der Waals surface area contributed by atoms with Crippen molar-refractivity contribution in [2.24, 2.45) is 28.6 Å². The number of aliphatic hydroxyl groups excluding tert-OH is 2. The second-order valence-corrected chi connectivity index (χ2v) is 10.1. The number of carbonyl (C=O) groups is 2. The topological polar surface area (TPSA) is 94.8 Å². The molecule has 3 N–H and O–H groups in total. The molecule has 2 unspecified atom stereocenters. The van der Waals surface area contributed by atoms with Crippen molar-refractivity contribution in [3.8, 4) is 0 Å². The monoisotopic (exact) mass is 394 g/mol. The molecule has 8 atom stereocenters. The fourth-order valence-corrected chi connectivity index (χ4v) is 7.56. The summed E-state index contributed by atoms with van der Waals surface area (Å²) in [6.45, 7) is 4.84. The van der Waals surface area contributed by atoms with Crippen LogP contribution >= 0.6 is 0 Å². The van der Waals surface area contributed by atoms with Gasteiger partial charge in [-0.25, -0.2) is 4.39 Å². The van der Waals surface area contributed by atoms with Crippen molar-refractivity contribution < 1.29 is 29.3 Å². The van der Waals surface area contributed by atoms with Crippen LogP contribution in [0.4, 0.5) is 4.39 Å². The van der Waals surface area contributed by atoms with E-state index in [1.165, 1.54) is 0 Å². The molecule has 0 amide bonds. The number of fused-ring (bicyclic) bond motifs is 5. The average molecular weight is 394 g/mol. The molecule has 3 saturated carbocycles. The van der Waals surface area contributed by atoms with Crippen LogP contribution in [0.5, 0.6) is 0 Å². The summed E-state index contributed by atoms with van der Waals surface area (Å²) in [5.74, 6) is -1.40. The highest BCUT2D eigenvalue weighted by molar-refractivity contribution is 5.92. The van der Waals surface area contributed by atoms with Gasteiger partial charge in [0.05, 0.1) is 6.10 Å². The number of Topliss-reactive ketones (excluding diaryl/α,β-unsaturated/α-hetero) is 1. The number of alkyl halides is 1. The molecule has 4 rings (SSSR count). The number of rotatable bonds is 2. The first-order chi connectivity index (χ1) is 13.0. The quantitative estimate of drug-likeness (QED) is 0.667. The van der Waals surface area contributed by atoms with Crippen LogP contribution in [-0.4, -0.2) is 50.9 Å². The van der Waals surface area contributed by atoms with Gasteiger partial charge in [-0.1, -0.05) is 26.3 Å². The number of aliphatic hydroxyl groups is 3. The first-order valence-corrected chi connectivity index (χ1v) is 10.4. The van der Waals surface area contributed by atoms with Crippen molar-refractivity contribution >= 4 is 11.6 Å². The number of hydrogen-bond donors (Lipinski definition) is 3. The Morgan fingerprint density at radius 2 is 1.96 bits per heavy atom. The Morgan fingerprint density at radius 3 is 2.61 bits per heavy atom. The molecule has 0 aromatic carbocycles. The second-order valence-electron chi connectivity index (χ2n) is 10.1. The van der Waals surface area contributed by atoms with Crippen LogP contribution in [0.2, 0.25) is 0 Å². The van der Waals surface area contributed by atoms with Crippen LogP contribution in [0.15, 0.2) is 11.6 Å². The van der Waals surface area contributed by atoms with Crippen LogP contribution in [0.3, 0.4) is 0 Å². The number of ketones is 2. The predicted molar refractivity (Wildman–Crippen MR) is 100 cm³/mol. The lowest BCUT2D eigenvalue weighted by Crippen LogP contribution is -2.70. The highest BCUT2D eigenvalue weighted by atomic mass is 19.1. The molecule has 0 bridgehead atoms. The molecule has 0 heterocycles. The van der Waals surface area contributed by atoms with Crippen LogP contribution in [0.1, 0.15) is 59.3 Å². The van der Waals surface area contributed by atoms with E-state index in [2.05, 4.69) is 0 Å². The van der Waals surface area contributed by atoms with Crippen molar-refractivity contribution in [1.29, 1.82) is 0 Å². The highest BCUT2D eigenvalue weighted by Crippen LogP contribution is 2.71. The molecule has 0 aliphatic heterocycles. The third-order valence-electron chi connectivity index (χ3n) is 9.12. The van der Waals surface area contributed by atoms with Gasteiger partial charge in [-0.3, -0.25) is 9.59 Å².